The topological polar surface area (TPSA) is 41.1 Å². The lowest BCUT2D eigenvalue weighted by molar-refractivity contribution is -0.123. The van der Waals surface area contributed by atoms with Crippen LogP contribution in [0, 0.1) is 11.3 Å². The van der Waals surface area contributed by atoms with Crippen molar-refractivity contribution in [2.45, 2.75) is 43.9 Å². The summed E-state index contributed by atoms with van der Waals surface area (Å²) in [7, 11) is 0. The quantitative estimate of drug-likeness (QED) is 0.850. The van der Waals surface area contributed by atoms with E-state index in [4.69, 9.17) is 11.6 Å². The van der Waals surface area contributed by atoms with E-state index in [9.17, 15) is 4.79 Å². The predicted octanol–water partition coefficient (Wildman–Crippen LogP) is 3.69. The molecule has 0 radical (unpaired) electrons. The molecule has 1 unspecified atom stereocenters. The fourth-order valence-electron chi connectivity index (χ4n) is 4.55. The van der Waals surface area contributed by atoms with Crippen molar-refractivity contribution in [2.24, 2.45) is 11.3 Å². The van der Waals surface area contributed by atoms with Crippen LogP contribution in [0.4, 0.5) is 0 Å². The Balaban J connectivity index is 0.00000169. The average molecular weight is 369 g/mol. The van der Waals surface area contributed by atoms with Gasteiger partial charge in [0.2, 0.25) is 5.91 Å². The van der Waals surface area contributed by atoms with Gasteiger partial charge in [0.05, 0.1) is 0 Å². The largest absolute Gasteiger partial charge is 0.355 e. The Kier molecular flexibility index (Phi) is 5.15. The maximum absolute atomic E-state index is 12.6. The lowest BCUT2D eigenvalue weighted by Gasteiger charge is -2.42. The fraction of sp³-hybridized carbons (Fsp3) is 0.632. The van der Waals surface area contributed by atoms with E-state index in [-0.39, 0.29) is 29.6 Å². The molecule has 1 amide bonds. The third-order valence-electron chi connectivity index (χ3n) is 6.47. The van der Waals surface area contributed by atoms with Crippen molar-refractivity contribution in [3.63, 3.8) is 0 Å². The minimum Gasteiger partial charge on any atom is -0.355 e. The second-order valence-electron chi connectivity index (χ2n) is 7.73. The number of halogens is 2. The van der Waals surface area contributed by atoms with Gasteiger partial charge in [0, 0.05) is 22.9 Å². The van der Waals surface area contributed by atoms with Gasteiger partial charge in [-0.2, -0.15) is 0 Å². The van der Waals surface area contributed by atoms with E-state index >= 15 is 0 Å². The fourth-order valence-corrected chi connectivity index (χ4v) is 4.68. The molecular formula is C19H26Cl2N2O. The third kappa shape index (κ3) is 3.18. The first-order valence-electron chi connectivity index (χ1n) is 8.88. The maximum atomic E-state index is 12.6. The molecule has 1 aliphatic heterocycles. The van der Waals surface area contributed by atoms with E-state index in [0.29, 0.717) is 5.41 Å². The number of rotatable bonds is 4. The molecule has 1 aromatic rings. The molecule has 5 heteroatoms. The predicted molar refractivity (Wildman–Crippen MR) is 99.9 cm³/mol. The Morgan fingerprint density at radius 2 is 1.83 bits per heavy atom. The number of hydrogen-bond donors (Lipinski definition) is 2. The van der Waals surface area contributed by atoms with Gasteiger partial charge in [-0.1, -0.05) is 30.2 Å². The molecule has 3 fully saturated rings. The van der Waals surface area contributed by atoms with Crippen molar-refractivity contribution < 1.29 is 4.79 Å². The SMILES string of the molecule is Cl.O=C(NCC1(c2ccc(Cl)cc2)CCC1)C1CC12CCNCC2. The zero-order chi connectivity index (χ0) is 15.9. The summed E-state index contributed by atoms with van der Waals surface area (Å²) in [5.41, 5.74) is 1.78. The lowest BCUT2D eigenvalue weighted by Crippen LogP contribution is -2.46. The Hall–Kier alpha value is -0.770. The van der Waals surface area contributed by atoms with E-state index in [2.05, 4.69) is 22.8 Å². The van der Waals surface area contributed by atoms with Crippen molar-refractivity contribution in [3.8, 4) is 0 Å². The molecule has 2 saturated carbocycles. The van der Waals surface area contributed by atoms with Crippen LogP contribution in [0.2, 0.25) is 5.02 Å². The molecule has 3 aliphatic rings. The van der Waals surface area contributed by atoms with Gasteiger partial charge in [-0.05, 0) is 68.3 Å². The number of carbonyl (C=O) groups excluding carboxylic acids is 1. The highest BCUT2D eigenvalue weighted by atomic mass is 35.5. The first kappa shape index (κ1) is 18.0. The highest BCUT2D eigenvalue weighted by Gasteiger charge is 2.57. The van der Waals surface area contributed by atoms with Crippen LogP contribution in [0.1, 0.15) is 44.1 Å². The molecule has 3 nitrogen and oxygen atoms in total. The molecule has 4 rings (SSSR count). The molecule has 1 heterocycles. The molecule has 132 valence electrons. The van der Waals surface area contributed by atoms with Crippen LogP contribution >= 0.6 is 24.0 Å². The molecule has 0 bridgehead atoms. The summed E-state index contributed by atoms with van der Waals surface area (Å²) >= 11 is 6.01. The number of hydrogen-bond acceptors (Lipinski definition) is 2. The molecule has 1 atom stereocenters. The summed E-state index contributed by atoms with van der Waals surface area (Å²) in [6.45, 7) is 2.91. The van der Waals surface area contributed by atoms with E-state index in [1.54, 1.807) is 0 Å². The van der Waals surface area contributed by atoms with Crippen LogP contribution in [0.15, 0.2) is 24.3 Å². The van der Waals surface area contributed by atoms with Crippen molar-refractivity contribution in [3.05, 3.63) is 34.9 Å². The Bertz CT molecular complexity index is 592. The highest BCUT2D eigenvalue weighted by molar-refractivity contribution is 6.30. The second-order valence-corrected chi connectivity index (χ2v) is 8.16. The highest BCUT2D eigenvalue weighted by Crippen LogP contribution is 2.58. The summed E-state index contributed by atoms with van der Waals surface area (Å²) < 4.78 is 0. The van der Waals surface area contributed by atoms with Crippen molar-refractivity contribution >= 4 is 29.9 Å². The van der Waals surface area contributed by atoms with Crippen LogP contribution in [-0.4, -0.2) is 25.5 Å². The van der Waals surface area contributed by atoms with Gasteiger partial charge >= 0.3 is 0 Å². The number of carbonyl (C=O) groups is 1. The Labute approximate surface area is 155 Å². The van der Waals surface area contributed by atoms with Crippen LogP contribution in [0.25, 0.3) is 0 Å². The zero-order valence-corrected chi connectivity index (χ0v) is 15.5. The van der Waals surface area contributed by atoms with E-state index < -0.39 is 0 Å². The van der Waals surface area contributed by atoms with Crippen molar-refractivity contribution in [1.82, 2.24) is 10.6 Å². The average Bonchev–Trinajstić information content (AvgIpc) is 3.21. The molecule has 1 aromatic carbocycles. The summed E-state index contributed by atoms with van der Waals surface area (Å²) in [5, 5.41) is 7.45. The molecule has 1 spiro atoms. The van der Waals surface area contributed by atoms with Crippen LogP contribution < -0.4 is 10.6 Å². The summed E-state index contributed by atoms with van der Waals surface area (Å²) in [6.07, 6.45) is 6.98. The van der Waals surface area contributed by atoms with E-state index in [1.165, 1.54) is 12.0 Å². The van der Waals surface area contributed by atoms with Crippen LogP contribution in [0.5, 0.6) is 0 Å². The lowest BCUT2D eigenvalue weighted by atomic mass is 9.64. The summed E-state index contributed by atoms with van der Waals surface area (Å²) in [4.78, 5) is 12.6. The number of piperidine rings is 1. The van der Waals surface area contributed by atoms with Gasteiger partial charge in [-0.3, -0.25) is 4.79 Å². The van der Waals surface area contributed by atoms with Crippen molar-refractivity contribution in [2.75, 3.05) is 19.6 Å². The van der Waals surface area contributed by atoms with E-state index in [0.717, 1.165) is 56.8 Å². The maximum Gasteiger partial charge on any atom is 0.223 e. The summed E-state index contributed by atoms with van der Waals surface area (Å²) in [5.74, 6) is 0.541. The molecule has 2 aliphatic carbocycles. The smallest absolute Gasteiger partial charge is 0.223 e. The first-order chi connectivity index (χ1) is 11.1. The molecule has 2 N–H and O–H groups in total. The van der Waals surface area contributed by atoms with Gasteiger partial charge in [-0.15, -0.1) is 12.4 Å². The molecule has 24 heavy (non-hydrogen) atoms. The summed E-state index contributed by atoms with van der Waals surface area (Å²) in [6, 6.07) is 8.17. The van der Waals surface area contributed by atoms with Gasteiger partial charge in [0.1, 0.15) is 0 Å². The Morgan fingerprint density at radius 1 is 1.17 bits per heavy atom. The van der Waals surface area contributed by atoms with E-state index in [1.807, 2.05) is 12.1 Å². The molecular weight excluding hydrogens is 343 g/mol. The molecule has 1 saturated heterocycles. The monoisotopic (exact) mass is 368 g/mol. The minimum atomic E-state index is 0. The van der Waals surface area contributed by atoms with Crippen LogP contribution in [0.3, 0.4) is 0 Å². The third-order valence-corrected chi connectivity index (χ3v) is 6.73. The normalized spacial score (nSPS) is 26.1. The standard InChI is InChI=1S/C19H25ClN2O.ClH/c20-15-4-2-14(3-5-15)19(6-1-7-19)13-22-17(23)16-12-18(16)8-10-21-11-9-18;/h2-5,16,21H,1,6-13H2,(H,22,23);1H. The van der Waals surface area contributed by atoms with Gasteiger partial charge in [0.25, 0.3) is 0 Å². The number of amides is 1. The number of nitrogens with one attached hydrogen (secondary N) is 2. The zero-order valence-electron chi connectivity index (χ0n) is 13.9. The van der Waals surface area contributed by atoms with Gasteiger partial charge < -0.3 is 10.6 Å². The second kappa shape index (κ2) is 6.86. The Morgan fingerprint density at radius 3 is 2.42 bits per heavy atom. The molecule has 0 aromatic heterocycles. The minimum absolute atomic E-state index is 0. The number of benzene rings is 1. The van der Waals surface area contributed by atoms with Gasteiger partial charge in [-0.25, -0.2) is 0 Å². The van der Waals surface area contributed by atoms with Crippen molar-refractivity contribution in [1.29, 1.82) is 0 Å². The first-order valence-corrected chi connectivity index (χ1v) is 9.26. The van der Waals surface area contributed by atoms with Gasteiger partial charge in [0.15, 0.2) is 0 Å². The van der Waals surface area contributed by atoms with Crippen LogP contribution in [-0.2, 0) is 10.2 Å².